The Labute approximate surface area is 218 Å². The zero-order valence-corrected chi connectivity index (χ0v) is 22.7. The van der Waals surface area contributed by atoms with Crippen LogP contribution in [0.3, 0.4) is 0 Å². The first kappa shape index (κ1) is 27.5. The molecule has 3 aromatic rings. The fourth-order valence-electron chi connectivity index (χ4n) is 4.39. The van der Waals surface area contributed by atoms with Crippen molar-refractivity contribution in [2.45, 2.75) is 31.2 Å². The van der Waals surface area contributed by atoms with Gasteiger partial charge in [0.2, 0.25) is 0 Å². The lowest BCUT2D eigenvalue weighted by molar-refractivity contribution is -0.126. The molecule has 0 bridgehead atoms. The number of rotatable bonds is 6. The Morgan fingerprint density at radius 2 is 1.89 bits per heavy atom. The van der Waals surface area contributed by atoms with E-state index in [1.54, 1.807) is 43.7 Å². The number of fused-ring (bicyclic) bond motifs is 1. The van der Waals surface area contributed by atoms with Crippen LogP contribution < -0.4 is 15.9 Å². The predicted molar refractivity (Wildman–Crippen MR) is 147 cm³/mol. The van der Waals surface area contributed by atoms with Gasteiger partial charge in [-0.05, 0) is 68.1 Å². The fourth-order valence-corrected chi connectivity index (χ4v) is 6.43. The van der Waals surface area contributed by atoms with Gasteiger partial charge in [0.1, 0.15) is 13.3 Å². The second-order valence-electron chi connectivity index (χ2n) is 9.75. The Balaban J connectivity index is 1.57. The minimum absolute atomic E-state index is 0.148. The summed E-state index contributed by atoms with van der Waals surface area (Å²) < 4.78 is 67.9. The second kappa shape index (κ2) is 11.1. The number of hydrogen-bond acceptors (Lipinski definition) is 5. The van der Waals surface area contributed by atoms with Crippen LogP contribution in [0.2, 0.25) is 0 Å². The fraction of sp³-hybridized carbons (Fsp3) is 0.407. The number of thiophene rings is 1. The summed E-state index contributed by atoms with van der Waals surface area (Å²) in [5.41, 5.74) is 1.57. The molecule has 0 spiro atoms. The molecule has 0 radical (unpaired) electrons. The van der Waals surface area contributed by atoms with Crippen LogP contribution in [-0.2, 0) is 11.0 Å². The van der Waals surface area contributed by atoms with E-state index in [0.717, 1.165) is 17.5 Å². The van der Waals surface area contributed by atoms with E-state index in [1.807, 2.05) is 24.1 Å². The topological polar surface area (TPSA) is 44.4 Å². The van der Waals surface area contributed by atoms with E-state index in [4.69, 9.17) is 0 Å². The Morgan fingerprint density at radius 1 is 1.16 bits per heavy atom. The summed E-state index contributed by atoms with van der Waals surface area (Å²) >= 11 is 1.20. The van der Waals surface area contributed by atoms with Crippen molar-refractivity contribution in [3.8, 4) is 11.8 Å². The van der Waals surface area contributed by atoms with Crippen molar-refractivity contribution in [2.75, 3.05) is 50.6 Å². The maximum Gasteiger partial charge on any atom is 0.393 e. The molecule has 37 heavy (non-hydrogen) atoms. The van der Waals surface area contributed by atoms with E-state index in [1.165, 1.54) is 11.3 Å². The molecule has 2 N–H and O–H groups in total. The lowest BCUT2D eigenvalue weighted by Gasteiger charge is -2.33. The van der Waals surface area contributed by atoms with E-state index >= 15 is 0 Å². The standard InChI is InChI=1S/C27H30F4N3OPS/c1-34-15-13-23(22(28)17-34)33-24-7-4-6-20-21(16-27(29,30)31)25(37-26(20)24)8-5-14-32-18-9-11-19(12-10-18)36(2,3)35/h4,6-7,9-12,22-23,32-33H,13-17H2,1-3H3. The number of nitrogens with one attached hydrogen (secondary N) is 2. The summed E-state index contributed by atoms with van der Waals surface area (Å²) in [4.78, 5) is 2.29. The first-order chi connectivity index (χ1) is 17.4. The Hall–Kier alpha value is -2.53. The van der Waals surface area contributed by atoms with Crippen LogP contribution in [0.15, 0.2) is 42.5 Å². The van der Waals surface area contributed by atoms with Gasteiger partial charge < -0.3 is 20.1 Å². The molecule has 0 saturated carbocycles. The summed E-state index contributed by atoms with van der Waals surface area (Å²) in [6.07, 6.45) is -5.92. The SMILES string of the molecule is CN1CCC(Nc2cccc3c(CC(F)(F)F)c(C#CCNc4ccc(P(C)(C)=O)cc4)sc23)C(F)C1. The van der Waals surface area contributed by atoms with Gasteiger partial charge in [0.15, 0.2) is 0 Å². The highest BCUT2D eigenvalue weighted by Gasteiger charge is 2.32. The minimum Gasteiger partial charge on any atom is -0.378 e. The van der Waals surface area contributed by atoms with Crippen molar-refractivity contribution in [1.82, 2.24) is 4.90 Å². The van der Waals surface area contributed by atoms with E-state index in [9.17, 15) is 22.1 Å². The molecular formula is C27H30F4N3OPS. The third kappa shape index (κ3) is 7.07. The Bertz CT molecular complexity index is 1350. The highest BCUT2D eigenvalue weighted by Crippen LogP contribution is 2.39. The van der Waals surface area contributed by atoms with Gasteiger partial charge in [-0.3, -0.25) is 0 Å². The lowest BCUT2D eigenvalue weighted by atomic mass is 10.0. The molecule has 1 aliphatic rings. The summed E-state index contributed by atoms with van der Waals surface area (Å²) in [6.45, 7) is 4.71. The molecular weight excluding hydrogens is 521 g/mol. The first-order valence-electron chi connectivity index (χ1n) is 12.0. The van der Waals surface area contributed by atoms with Crippen molar-refractivity contribution >= 4 is 45.2 Å². The van der Waals surface area contributed by atoms with Gasteiger partial charge in [-0.2, -0.15) is 13.2 Å². The van der Waals surface area contributed by atoms with Crippen molar-refractivity contribution in [1.29, 1.82) is 0 Å². The molecule has 10 heteroatoms. The molecule has 2 atom stereocenters. The van der Waals surface area contributed by atoms with Crippen LogP contribution in [0.1, 0.15) is 16.9 Å². The average molecular weight is 552 g/mol. The van der Waals surface area contributed by atoms with Crippen molar-refractivity contribution in [3.05, 3.63) is 52.9 Å². The van der Waals surface area contributed by atoms with Gasteiger partial charge in [-0.25, -0.2) is 4.39 Å². The zero-order valence-electron chi connectivity index (χ0n) is 21.0. The molecule has 1 aromatic heterocycles. The minimum atomic E-state index is -4.39. The molecule has 4 rings (SSSR count). The Kier molecular flexibility index (Phi) is 8.23. The monoisotopic (exact) mass is 551 g/mol. The highest BCUT2D eigenvalue weighted by molar-refractivity contribution is 7.70. The quantitative estimate of drug-likeness (QED) is 0.219. The predicted octanol–water partition coefficient (Wildman–Crippen LogP) is 6.17. The van der Waals surface area contributed by atoms with E-state index in [-0.39, 0.29) is 12.1 Å². The molecule has 4 nitrogen and oxygen atoms in total. The maximum absolute atomic E-state index is 14.6. The smallest absolute Gasteiger partial charge is 0.378 e. The number of alkyl halides is 4. The van der Waals surface area contributed by atoms with E-state index in [2.05, 4.69) is 22.5 Å². The summed E-state index contributed by atoms with van der Waals surface area (Å²) in [6, 6.07) is 12.0. The summed E-state index contributed by atoms with van der Waals surface area (Å²) in [5.74, 6) is 5.87. The number of benzene rings is 2. The van der Waals surface area contributed by atoms with Crippen molar-refractivity contribution < 1.29 is 22.1 Å². The van der Waals surface area contributed by atoms with Crippen molar-refractivity contribution in [2.24, 2.45) is 0 Å². The number of anilines is 2. The summed E-state index contributed by atoms with van der Waals surface area (Å²) in [5, 5.41) is 7.64. The molecule has 2 unspecified atom stereocenters. The largest absolute Gasteiger partial charge is 0.393 e. The molecule has 1 fully saturated rings. The van der Waals surface area contributed by atoms with E-state index in [0.29, 0.717) is 33.6 Å². The molecule has 198 valence electrons. The van der Waals surface area contributed by atoms with Gasteiger partial charge in [0, 0.05) is 24.1 Å². The second-order valence-corrected chi connectivity index (χ2v) is 14.0. The van der Waals surface area contributed by atoms with Gasteiger partial charge in [0.05, 0.1) is 34.3 Å². The lowest BCUT2D eigenvalue weighted by Crippen LogP contribution is -2.46. The van der Waals surface area contributed by atoms with Crippen LogP contribution in [0.5, 0.6) is 0 Å². The van der Waals surface area contributed by atoms with Crippen LogP contribution in [0.25, 0.3) is 10.1 Å². The first-order valence-corrected chi connectivity index (χ1v) is 15.4. The number of halogens is 4. The normalized spacial score (nSPS) is 18.9. The molecule has 1 aliphatic heterocycles. The molecule has 1 saturated heterocycles. The molecule has 0 amide bonds. The summed E-state index contributed by atoms with van der Waals surface area (Å²) in [7, 11) is -0.473. The third-order valence-corrected chi connectivity index (χ3v) is 9.09. The molecule has 2 aromatic carbocycles. The van der Waals surface area contributed by atoms with Crippen LogP contribution in [-0.4, -0.2) is 63.3 Å². The van der Waals surface area contributed by atoms with Crippen LogP contribution in [0.4, 0.5) is 28.9 Å². The van der Waals surface area contributed by atoms with Crippen molar-refractivity contribution in [3.63, 3.8) is 0 Å². The third-order valence-electron chi connectivity index (χ3n) is 6.35. The number of hydrogen-bond donors (Lipinski definition) is 2. The highest BCUT2D eigenvalue weighted by atomic mass is 32.1. The van der Waals surface area contributed by atoms with Gasteiger partial charge in [0.25, 0.3) is 0 Å². The Morgan fingerprint density at radius 3 is 2.54 bits per heavy atom. The molecule has 2 heterocycles. The van der Waals surface area contributed by atoms with Gasteiger partial charge in [-0.15, -0.1) is 11.3 Å². The van der Waals surface area contributed by atoms with Gasteiger partial charge >= 0.3 is 6.18 Å². The molecule has 0 aliphatic carbocycles. The number of nitrogens with zero attached hydrogens (tertiary/aromatic N) is 1. The number of piperidine rings is 1. The number of likely N-dealkylation sites (tertiary alicyclic amines) is 1. The van der Waals surface area contributed by atoms with Crippen LogP contribution >= 0.6 is 18.5 Å². The van der Waals surface area contributed by atoms with Crippen LogP contribution in [0, 0.1) is 11.8 Å². The average Bonchev–Trinajstić information content (AvgIpc) is 3.15. The van der Waals surface area contributed by atoms with Gasteiger partial charge in [-0.1, -0.05) is 24.0 Å². The van der Waals surface area contributed by atoms with E-state index < -0.39 is 32.0 Å². The zero-order chi connectivity index (χ0) is 26.8. The maximum atomic E-state index is 14.6.